The molecule has 122 valence electrons. The molecule has 0 atom stereocenters. The van der Waals surface area contributed by atoms with Gasteiger partial charge < -0.3 is 10.2 Å². The summed E-state index contributed by atoms with van der Waals surface area (Å²) in [6.07, 6.45) is 1.67. The van der Waals surface area contributed by atoms with Gasteiger partial charge in [0.15, 0.2) is 0 Å². The van der Waals surface area contributed by atoms with Crippen LogP contribution in [0, 0.1) is 0 Å². The zero-order chi connectivity index (χ0) is 16.8. The van der Waals surface area contributed by atoms with Crippen molar-refractivity contribution in [1.29, 1.82) is 0 Å². The standard InChI is InChI=1S/C18H17ClN4O/c19-16-8-4-5-9-17(16)21-18(24)23(13-15-10-11-20-22-15)12-14-6-2-1-3-7-14/h1-11H,12-13H2,(H,20,22)(H,21,24). The first kappa shape index (κ1) is 16.1. The van der Waals surface area contributed by atoms with Crippen LogP contribution in [0.4, 0.5) is 10.5 Å². The minimum atomic E-state index is -0.221. The van der Waals surface area contributed by atoms with E-state index in [9.17, 15) is 4.79 Å². The van der Waals surface area contributed by atoms with Gasteiger partial charge in [0.05, 0.1) is 22.9 Å². The van der Waals surface area contributed by atoms with Crippen molar-refractivity contribution in [2.45, 2.75) is 13.1 Å². The fourth-order valence-corrected chi connectivity index (χ4v) is 2.52. The lowest BCUT2D eigenvalue weighted by molar-refractivity contribution is 0.205. The molecular formula is C18H17ClN4O. The molecule has 2 amide bonds. The van der Waals surface area contributed by atoms with Gasteiger partial charge in [0.25, 0.3) is 0 Å². The molecule has 0 saturated carbocycles. The second kappa shape index (κ2) is 7.66. The highest BCUT2D eigenvalue weighted by Gasteiger charge is 2.16. The van der Waals surface area contributed by atoms with E-state index in [0.717, 1.165) is 11.3 Å². The number of amides is 2. The van der Waals surface area contributed by atoms with E-state index in [-0.39, 0.29) is 6.03 Å². The highest BCUT2D eigenvalue weighted by Crippen LogP contribution is 2.21. The Morgan fingerprint density at radius 1 is 1.04 bits per heavy atom. The number of urea groups is 1. The number of aromatic nitrogens is 2. The summed E-state index contributed by atoms with van der Waals surface area (Å²) in [5.74, 6) is 0. The van der Waals surface area contributed by atoms with E-state index < -0.39 is 0 Å². The number of hydrogen-bond donors (Lipinski definition) is 2. The molecule has 2 aromatic carbocycles. The van der Waals surface area contributed by atoms with Crippen molar-refractivity contribution >= 4 is 23.3 Å². The predicted octanol–water partition coefficient (Wildman–Crippen LogP) is 4.30. The van der Waals surface area contributed by atoms with Crippen molar-refractivity contribution in [3.63, 3.8) is 0 Å². The summed E-state index contributed by atoms with van der Waals surface area (Å²) in [6, 6.07) is 18.6. The molecule has 3 rings (SSSR count). The van der Waals surface area contributed by atoms with Gasteiger partial charge in [-0.15, -0.1) is 0 Å². The Bertz CT molecular complexity index is 790. The summed E-state index contributed by atoms with van der Waals surface area (Å²) in [5.41, 5.74) is 2.50. The van der Waals surface area contributed by atoms with E-state index in [4.69, 9.17) is 11.6 Å². The van der Waals surface area contributed by atoms with Crippen molar-refractivity contribution in [3.8, 4) is 0 Å². The van der Waals surface area contributed by atoms with Crippen LogP contribution in [0.2, 0.25) is 5.02 Å². The van der Waals surface area contributed by atoms with Gasteiger partial charge in [-0.25, -0.2) is 4.79 Å². The highest BCUT2D eigenvalue weighted by molar-refractivity contribution is 6.33. The van der Waals surface area contributed by atoms with Gasteiger partial charge in [-0.2, -0.15) is 5.10 Å². The van der Waals surface area contributed by atoms with Gasteiger partial charge in [0.1, 0.15) is 0 Å². The number of aromatic amines is 1. The van der Waals surface area contributed by atoms with Gasteiger partial charge in [-0.05, 0) is 23.8 Å². The van der Waals surface area contributed by atoms with Crippen molar-refractivity contribution < 1.29 is 4.79 Å². The van der Waals surface area contributed by atoms with Gasteiger partial charge >= 0.3 is 6.03 Å². The lowest BCUT2D eigenvalue weighted by atomic mass is 10.2. The number of nitrogens with one attached hydrogen (secondary N) is 2. The Kier molecular flexibility index (Phi) is 5.13. The molecule has 1 heterocycles. The molecule has 2 N–H and O–H groups in total. The van der Waals surface area contributed by atoms with Crippen LogP contribution in [-0.4, -0.2) is 21.1 Å². The topological polar surface area (TPSA) is 61.0 Å². The third-order valence-electron chi connectivity index (χ3n) is 3.54. The zero-order valence-corrected chi connectivity index (χ0v) is 13.7. The molecule has 0 fully saturated rings. The maximum Gasteiger partial charge on any atom is 0.322 e. The molecular weight excluding hydrogens is 324 g/mol. The Labute approximate surface area is 145 Å². The quantitative estimate of drug-likeness (QED) is 0.727. The maximum absolute atomic E-state index is 12.7. The molecule has 24 heavy (non-hydrogen) atoms. The predicted molar refractivity (Wildman–Crippen MR) is 94.7 cm³/mol. The van der Waals surface area contributed by atoms with Crippen LogP contribution in [0.25, 0.3) is 0 Å². The monoisotopic (exact) mass is 340 g/mol. The van der Waals surface area contributed by atoms with Crippen LogP contribution in [-0.2, 0) is 13.1 Å². The third-order valence-corrected chi connectivity index (χ3v) is 3.87. The molecule has 0 bridgehead atoms. The van der Waals surface area contributed by atoms with Crippen LogP contribution in [0.3, 0.4) is 0 Å². The van der Waals surface area contributed by atoms with Crippen molar-refractivity contribution in [2.75, 3.05) is 5.32 Å². The highest BCUT2D eigenvalue weighted by atomic mass is 35.5. The lowest BCUT2D eigenvalue weighted by Crippen LogP contribution is -2.34. The number of rotatable bonds is 5. The lowest BCUT2D eigenvalue weighted by Gasteiger charge is -2.23. The number of nitrogens with zero attached hydrogens (tertiary/aromatic N) is 2. The van der Waals surface area contributed by atoms with E-state index >= 15 is 0 Å². The first-order valence-corrected chi connectivity index (χ1v) is 7.93. The average molecular weight is 341 g/mol. The molecule has 0 aliphatic carbocycles. The normalized spacial score (nSPS) is 10.4. The third kappa shape index (κ3) is 4.14. The summed E-state index contributed by atoms with van der Waals surface area (Å²) < 4.78 is 0. The van der Waals surface area contributed by atoms with E-state index in [1.54, 1.807) is 23.2 Å². The second-order valence-electron chi connectivity index (χ2n) is 5.33. The van der Waals surface area contributed by atoms with Crippen LogP contribution in [0.1, 0.15) is 11.3 Å². The van der Waals surface area contributed by atoms with Gasteiger partial charge in [0, 0.05) is 12.7 Å². The Morgan fingerprint density at radius 2 is 1.79 bits per heavy atom. The molecule has 1 aromatic heterocycles. The molecule has 0 radical (unpaired) electrons. The summed E-state index contributed by atoms with van der Waals surface area (Å²) in [4.78, 5) is 14.4. The van der Waals surface area contributed by atoms with E-state index in [2.05, 4.69) is 15.5 Å². The van der Waals surface area contributed by atoms with Crippen LogP contribution in [0.5, 0.6) is 0 Å². The van der Waals surface area contributed by atoms with Crippen LogP contribution < -0.4 is 5.32 Å². The molecule has 3 aromatic rings. The fraction of sp³-hybridized carbons (Fsp3) is 0.111. The van der Waals surface area contributed by atoms with E-state index in [1.807, 2.05) is 48.5 Å². The Hall–Kier alpha value is -2.79. The number of carbonyl (C=O) groups excluding carboxylic acids is 1. The number of anilines is 1. The smallest absolute Gasteiger partial charge is 0.314 e. The first-order valence-electron chi connectivity index (χ1n) is 7.55. The van der Waals surface area contributed by atoms with Crippen LogP contribution in [0.15, 0.2) is 66.9 Å². The zero-order valence-electron chi connectivity index (χ0n) is 12.9. The number of H-pyrrole nitrogens is 1. The Morgan fingerprint density at radius 3 is 2.50 bits per heavy atom. The van der Waals surface area contributed by atoms with Gasteiger partial charge in [0.2, 0.25) is 0 Å². The molecule has 5 nitrogen and oxygen atoms in total. The number of carbonyl (C=O) groups is 1. The molecule has 0 aliphatic rings. The van der Waals surface area contributed by atoms with Crippen molar-refractivity contribution in [2.24, 2.45) is 0 Å². The molecule has 0 unspecified atom stereocenters. The summed E-state index contributed by atoms with van der Waals surface area (Å²) >= 11 is 6.13. The summed E-state index contributed by atoms with van der Waals surface area (Å²) in [7, 11) is 0. The minimum Gasteiger partial charge on any atom is -0.314 e. The number of halogens is 1. The van der Waals surface area contributed by atoms with E-state index in [0.29, 0.717) is 23.8 Å². The summed E-state index contributed by atoms with van der Waals surface area (Å²) in [5, 5.41) is 10.2. The van der Waals surface area contributed by atoms with Gasteiger partial charge in [-0.3, -0.25) is 5.10 Å². The summed E-state index contributed by atoms with van der Waals surface area (Å²) in [6.45, 7) is 0.904. The molecule has 6 heteroatoms. The fourth-order valence-electron chi connectivity index (χ4n) is 2.34. The minimum absolute atomic E-state index is 0.221. The second-order valence-corrected chi connectivity index (χ2v) is 5.74. The Balaban J connectivity index is 1.77. The van der Waals surface area contributed by atoms with Crippen LogP contribution >= 0.6 is 11.6 Å². The number of para-hydroxylation sites is 1. The first-order chi connectivity index (χ1) is 11.7. The van der Waals surface area contributed by atoms with Crippen molar-refractivity contribution in [3.05, 3.63) is 83.1 Å². The van der Waals surface area contributed by atoms with Crippen molar-refractivity contribution in [1.82, 2.24) is 15.1 Å². The average Bonchev–Trinajstić information content (AvgIpc) is 3.10. The van der Waals surface area contributed by atoms with Gasteiger partial charge in [-0.1, -0.05) is 54.1 Å². The SMILES string of the molecule is O=C(Nc1ccccc1Cl)N(Cc1ccccc1)Cc1ccn[nH]1. The number of benzene rings is 2. The maximum atomic E-state index is 12.7. The largest absolute Gasteiger partial charge is 0.322 e. The number of hydrogen-bond acceptors (Lipinski definition) is 2. The molecule has 0 aliphatic heterocycles. The molecule has 0 saturated heterocycles. The molecule has 0 spiro atoms. The van der Waals surface area contributed by atoms with E-state index in [1.165, 1.54) is 0 Å².